The largest absolute Gasteiger partial charge is 0.496 e. The number of amides is 1. The molecule has 0 saturated carbocycles. The maximum Gasteiger partial charge on any atom is 0.274 e. The zero-order valence-electron chi connectivity index (χ0n) is 15.0. The standard InChI is InChI=1S/C20H19ClN4O2/c1-13-23-17(20(26)25-16-8-5-7-15(21)10-16)11-19(24-13)22-12-14-6-3-4-9-18(14)27-2/h3-11H,12H2,1-2H3,(H,25,26)(H,22,23,24). The van der Waals surface area contributed by atoms with Gasteiger partial charge in [0.15, 0.2) is 0 Å². The Hall–Kier alpha value is -3.12. The van der Waals surface area contributed by atoms with Crippen molar-refractivity contribution in [3.8, 4) is 5.75 Å². The number of hydrogen-bond donors (Lipinski definition) is 2. The predicted molar refractivity (Wildman–Crippen MR) is 106 cm³/mol. The van der Waals surface area contributed by atoms with Crippen molar-refractivity contribution in [2.75, 3.05) is 17.7 Å². The topological polar surface area (TPSA) is 76.1 Å². The third kappa shape index (κ3) is 4.95. The maximum absolute atomic E-state index is 12.5. The van der Waals surface area contributed by atoms with Gasteiger partial charge in [0.2, 0.25) is 0 Å². The minimum Gasteiger partial charge on any atom is -0.496 e. The molecular formula is C20H19ClN4O2. The summed E-state index contributed by atoms with van der Waals surface area (Å²) in [6.07, 6.45) is 0. The Morgan fingerprint density at radius 2 is 1.93 bits per heavy atom. The van der Waals surface area contributed by atoms with Crippen LogP contribution < -0.4 is 15.4 Å². The van der Waals surface area contributed by atoms with Crippen LogP contribution in [0, 0.1) is 6.92 Å². The molecule has 1 amide bonds. The number of carbonyl (C=O) groups is 1. The van der Waals surface area contributed by atoms with Gasteiger partial charge in [0.1, 0.15) is 23.1 Å². The fourth-order valence-electron chi connectivity index (χ4n) is 2.57. The number of para-hydroxylation sites is 1. The normalized spacial score (nSPS) is 10.3. The van der Waals surface area contributed by atoms with Crippen LogP contribution in [0.3, 0.4) is 0 Å². The number of benzene rings is 2. The molecule has 0 bridgehead atoms. The lowest BCUT2D eigenvalue weighted by molar-refractivity contribution is 0.102. The first kappa shape index (κ1) is 18.7. The van der Waals surface area contributed by atoms with Crippen molar-refractivity contribution in [2.24, 2.45) is 0 Å². The van der Waals surface area contributed by atoms with Crippen molar-refractivity contribution in [1.29, 1.82) is 0 Å². The average Bonchev–Trinajstić information content (AvgIpc) is 2.66. The molecule has 0 aliphatic rings. The lowest BCUT2D eigenvalue weighted by Crippen LogP contribution is -2.16. The van der Waals surface area contributed by atoms with Crippen LogP contribution >= 0.6 is 11.6 Å². The molecule has 0 fully saturated rings. The minimum absolute atomic E-state index is 0.269. The number of ether oxygens (including phenoxy) is 1. The minimum atomic E-state index is -0.330. The summed E-state index contributed by atoms with van der Waals surface area (Å²) in [4.78, 5) is 21.1. The molecule has 27 heavy (non-hydrogen) atoms. The summed E-state index contributed by atoms with van der Waals surface area (Å²) in [5, 5.41) is 6.54. The molecule has 1 aromatic heterocycles. The quantitative estimate of drug-likeness (QED) is 0.664. The van der Waals surface area contributed by atoms with Crippen molar-refractivity contribution in [3.63, 3.8) is 0 Å². The van der Waals surface area contributed by atoms with E-state index < -0.39 is 0 Å². The van der Waals surface area contributed by atoms with E-state index in [4.69, 9.17) is 16.3 Å². The average molecular weight is 383 g/mol. The third-order valence-corrected chi connectivity index (χ3v) is 4.04. The molecule has 2 aromatic carbocycles. The number of aromatic nitrogens is 2. The van der Waals surface area contributed by atoms with Gasteiger partial charge in [-0.1, -0.05) is 35.9 Å². The number of halogens is 1. The second-order valence-corrected chi connectivity index (χ2v) is 6.25. The number of hydrogen-bond acceptors (Lipinski definition) is 5. The van der Waals surface area contributed by atoms with Crippen LogP contribution in [0.5, 0.6) is 5.75 Å². The molecule has 0 aliphatic carbocycles. The molecule has 0 atom stereocenters. The van der Waals surface area contributed by atoms with Gasteiger partial charge in [-0.2, -0.15) is 0 Å². The zero-order valence-corrected chi connectivity index (χ0v) is 15.7. The fraction of sp³-hybridized carbons (Fsp3) is 0.150. The molecule has 7 heteroatoms. The second-order valence-electron chi connectivity index (χ2n) is 5.82. The number of nitrogens with one attached hydrogen (secondary N) is 2. The summed E-state index contributed by atoms with van der Waals surface area (Å²) >= 11 is 5.95. The van der Waals surface area contributed by atoms with Crippen LogP contribution in [0.4, 0.5) is 11.5 Å². The van der Waals surface area contributed by atoms with E-state index in [9.17, 15) is 4.79 Å². The van der Waals surface area contributed by atoms with Gasteiger partial charge in [-0.15, -0.1) is 0 Å². The van der Waals surface area contributed by atoms with E-state index in [1.54, 1.807) is 44.4 Å². The summed E-state index contributed by atoms with van der Waals surface area (Å²) in [6, 6.07) is 16.3. The molecule has 3 aromatic rings. The third-order valence-electron chi connectivity index (χ3n) is 3.81. The number of anilines is 2. The van der Waals surface area contributed by atoms with E-state index in [1.165, 1.54) is 0 Å². The van der Waals surface area contributed by atoms with Crippen molar-refractivity contribution in [1.82, 2.24) is 9.97 Å². The number of nitrogens with zero attached hydrogens (tertiary/aromatic N) is 2. The van der Waals surface area contributed by atoms with Crippen LogP contribution in [-0.4, -0.2) is 23.0 Å². The first-order valence-electron chi connectivity index (χ1n) is 8.33. The van der Waals surface area contributed by atoms with Crippen molar-refractivity contribution < 1.29 is 9.53 Å². The summed E-state index contributed by atoms with van der Waals surface area (Å²) in [5.41, 5.74) is 1.86. The van der Waals surface area contributed by atoms with Gasteiger partial charge in [-0.05, 0) is 31.2 Å². The van der Waals surface area contributed by atoms with Gasteiger partial charge in [-0.25, -0.2) is 9.97 Å². The van der Waals surface area contributed by atoms with Crippen LogP contribution in [-0.2, 0) is 6.54 Å². The van der Waals surface area contributed by atoms with Crippen molar-refractivity contribution in [2.45, 2.75) is 13.5 Å². The van der Waals surface area contributed by atoms with E-state index in [0.717, 1.165) is 11.3 Å². The van der Waals surface area contributed by atoms with E-state index in [0.29, 0.717) is 28.9 Å². The highest BCUT2D eigenvalue weighted by atomic mass is 35.5. The summed E-state index contributed by atoms with van der Waals surface area (Å²) in [5.74, 6) is 1.51. The lowest BCUT2D eigenvalue weighted by Gasteiger charge is -2.11. The van der Waals surface area contributed by atoms with Gasteiger partial charge in [0.05, 0.1) is 7.11 Å². The number of carbonyl (C=O) groups excluding carboxylic acids is 1. The molecule has 3 rings (SSSR count). The second kappa shape index (κ2) is 8.51. The van der Waals surface area contributed by atoms with E-state index >= 15 is 0 Å². The van der Waals surface area contributed by atoms with E-state index in [2.05, 4.69) is 20.6 Å². The van der Waals surface area contributed by atoms with E-state index in [1.807, 2.05) is 24.3 Å². The highest BCUT2D eigenvalue weighted by Gasteiger charge is 2.12. The molecule has 0 unspecified atom stereocenters. The molecule has 1 heterocycles. The number of rotatable bonds is 6. The van der Waals surface area contributed by atoms with Crippen LogP contribution in [0.2, 0.25) is 5.02 Å². The number of methoxy groups -OCH3 is 1. The summed E-state index contributed by atoms with van der Waals surface area (Å²) in [6.45, 7) is 2.25. The van der Waals surface area contributed by atoms with Crippen LogP contribution in [0.1, 0.15) is 21.9 Å². The molecule has 0 spiro atoms. The Morgan fingerprint density at radius 3 is 2.70 bits per heavy atom. The Morgan fingerprint density at radius 1 is 1.11 bits per heavy atom. The molecule has 0 saturated heterocycles. The summed E-state index contributed by atoms with van der Waals surface area (Å²) in [7, 11) is 1.63. The Balaban J connectivity index is 1.74. The molecule has 0 aliphatic heterocycles. The van der Waals surface area contributed by atoms with Gasteiger partial charge in [0, 0.05) is 28.9 Å². The highest BCUT2D eigenvalue weighted by Crippen LogP contribution is 2.19. The maximum atomic E-state index is 12.5. The monoisotopic (exact) mass is 382 g/mol. The highest BCUT2D eigenvalue weighted by molar-refractivity contribution is 6.30. The molecule has 0 radical (unpaired) electrons. The van der Waals surface area contributed by atoms with Crippen molar-refractivity contribution >= 4 is 29.0 Å². The molecule has 6 nitrogen and oxygen atoms in total. The smallest absolute Gasteiger partial charge is 0.274 e. The van der Waals surface area contributed by atoms with E-state index in [-0.39, 0.29) is 11.6 Å². The Kier molecular flexibility index (Phi) is 5.88. The first-order chi connectivity index (χ1) is 13.0. The number of aryl methyl sites for hydroxylation is 1. The predicted octanol–water partition coefficient (Wildman–Crippen LogP) is 4.31. The van der Waals surface area contributed by atoms with Gasteiger partial charge < -0.3 is 15.4 Å². The Bertz CT molecular complexity index is 962. The molecule has 2 N–H and O–H groups in total. The molecule has 138 valence electrons. The molecular weight excluding hydrogens is 364 g/mol. The van der Waals surface area contributed by atoms with Gasteiger partial charge in [-0.3, -0.25) is 4.79 Å². The van der Waals surface area contributed by atoms with Crippen LogP contribution in [0.25, 0.3) is 0 Å². The lowest BCUT2D eigenvalue weighted by atomic mass is 10.2. The SMILES string of the molecule is COc1ccccc1CNc1cc(C(=O)Nc2cccc(Cl)c2)nc(C)n1. The van der Waals surface area contributed by atoms with Crippen LogP contribution in [0.15, 0.2) is 54.6 Å². The zero-order chi connectivity index (χ0) is 19.2. The Labute approximate surface area is 162 Å². The van der Waals surface area contributed by atoms with Gasteiger partial charge in [0.25, 0.3) is 5.91 Å². The van der Waals surface area contributed by atoms with Gasteiger partial charge >= 0.3 is 0 Å². The van der Waals surface area contributed by atoms with Crippen molar-refractivity contribution in [3.05, 3.63) is 76.7 Å². The fourth-order valence-corrected chi connectivity index (χ4v) is 2.76. The first-order valence-corrected chi connectivity index (χ1v) is 8.71. The summed E-state index contributed by atoms with van der Waals surface area (Å²) < 4.78 is 5.35.